The van der Waals surface area contributed by atoms with Crippen molar-refractivity contribution in [2.24, 2.45) is 0 Å². The van der Waals surface area contributed by atoms with Crippen LogP contribution < -0.4 is 5.32 Å². The number of ether oxygens (including phenoxy) is 1. The molecule has 1 unspecified atom stereocenters. The molecular weight excluding hydrogens is 364 g/mol. The van der Waals surface area contributed by atoms with Gasteiger partial charge in [0.1, 0.15) is 0 Å². The standard InChI is InChI=1S/C21H31ClN2O3/c1-5-10-18(24(6-2)11-8-7-9-12-24)20(25)23-19-15(3)13-16(22)14-17(19)21(26)27-4/h13-14,18H,5-12H2,1-4H3/p+1. The van der Waals surface area contributed by atoms with E-state index in [1.807, 2.05) is 6.92 Å². The highest BCUT2D eigenvalue weighted by atomic mass is 35.5. The van der Waals surface area contributed by atoms with Crippen molar-refractivity contribution in [3.05, 3.63) is 28.3 Å². The Hall–Kier alpha value is -1.59. The van der Waals surface area contributed by atoms with Gasteiger partial charge in [-0.05, 0) is 57.2 Å². The number of carbonyl (C=O) groups excluding carboxylic acids is 2. The molecule has 1 aromatic rings. The predicted molar refractivity (Wildman–Crippen MR) is 109 cm³/mol. The molecule has 1 aromatic carbocycles. The van der Waals surface area contributed by atoms with Crippen LogP contribution >= 0.6 is 11.6 Å². The van der Waals surface area contributed by atoms with Gasteiger partial charge in [0.2, 0.25) is 0 Å². The summed E-state index contributed by atoms with van der Waals surface area (Å²) in [5.74, 6) is -0.517. The van der Waals surface area contributed by atoms with Crippen molar-refractivity contribution in [2.45, 2.75) is 58.9 Å². The van der Waals surface area contributed by atoms with Crippen molar-refractivity contribution >= 4 is 29.2 Å². The molecule has 0 aliphatic carbocycles. The van der Waals surface area contributed by atoms with Crippen LogP contribution in [-0.2, 0) is 9.53 Å². The van der Waals surface area contributed by atoms with Crippen LogP contribution in [0.15, 0.2) is 12.1 Å². The molecule has 27 heavy (non-hydrogen) atoms. The first-order valence-electron chi connectivity index (χ1n) is 9.93. The molecule has 6 heteroatoms. The third kappa shape index (κ3) is 4.82. The molecule has 1 atom stereocenters. The maximum atomic E-state index is 13.4. The van der Waals surface area contributed by atoms with Gasteiger partial charge >= 0.3 is 5.97 Å². The number of piperidine rings is 1. The third-order valence-corrected chi connectivity index (χ3v) is 6.03. The second-order valence-electron chi connectivity index (χ2n) is 7.47. The van der Waals surface area contributed by atoms with Gasteiger partial charge in [0.05, 0.1) is 38.0 Å². The molecule has 1 aliphatic rings. The molecule has 1 N–H and O–H groups in total. The summed E-state index contributed by atoms with van der Waals surface area (Å²) >= 11 is 6.11. The van der Waals surface area contributed by atoms with E-state index in [-0.39, 0.29) is 11.9 Å². The largest absolute Gasteiger partial charge is 0.465 e. The van der Waals surface area contributed by atoms with Crippen molar-refractivity contribution in [3.63, 3.8) is 0 Å². The van der Waals surface area contributed by atoms with Crippen LogP contribution in [-0.4, -0.2) is 49.1 Å². The Balaban J connectivity index is 2.37. The van der Waals surface area contributed by atoms with Gasteiger partial charge in [-0.2, -0.15) is 0 Å². The molecule has 0 radical (unpaired) electrons. The first-order valence-corrected chi connectivity index (χ1v) is 10.3. The molecule has 1 amide bonds. The molecule has 2 rings (SSSR count). The fourth-order valence-electron chi connectivity index (χ4n) is 4.30. The van der Waals surface area contributed by atoms with Gasteiger partial charge in [0.15, 0.2) is 6.04 Å². The second-order valence-corrected chi connectivity index (χ2v) is 7.91. The van der Waals surface area contributed by atoms with E-state index >= 15 is 0 Å². The minimum absolute atomic E-state index is 0.0174. The van der Waals surface area contributed by atoms with Gasteiger partial charge in [-0.25, -0.2) is 4.79 Å². The zero-order chi connectivity index (χ0) is 20.0. The highest BCUT2D eigenvalue weighted by molar-refractivity contribution is 6.31. The summed E-state index contributed by atoms with van der Waals surface area (Å²) < 4.78 is 5.71. The van der Waals surface area contributed by atoms with Crippen molar-refractivity contribution in [1.29, 1.82) is 0 Å². The Bertz CT molecular complexity index is 684. The number of likely N-dealkylation sites (tertiary alicyclic amines) is 1. The van der Waals surface area contributed by atoms with E-state index in [2.05, 4.69) is 19.2 Å². The number of nitrogens with zero attached hydrogens (tertiary/aromatic N) is 1. The Kier molecular flexibility index (Phi) is 7.68. The van der Waals surface area contributed by atoms with Crippen LogP contribution in [0.2, 0.25) is 5.02 Å². The van der Waals surface area contributed by atoms with Crippen LogP contribution in [0.1, 0.15) is 61.9 Å². The lowest BCUT2D eigenvalue weighted by Crippen LogP contribution is -2.62. The molecule has 1 heterocycles. The van der Waals surface area contributed by atoms with Gasteiger partial charge < -0.3 is 14.5 Å². The van der Waals surface area contributed by atoms with Crippen molar-refractivity contribution < 1.29 is 18.8 Å². The summed E-state index contributed by atoms with van der Waals surface area (Å²) in [6.45, 7) is 9.16. The summed E-state index contributed by atoms with van der Waals surface area (Å²) in [4.78, 5) is 25.6. The van der Waals surface area contributed by atoms with E-state index in [1.165, 1.54) is 13.5 Å². The number of amides is 1. The van der Waals surface area contributed by atoms with Gasteiger partial charge in [-0.15, -0.1) is 0 Å². The fourth-order valence-corrected chi connectivity index (χ4v) is 4.58. The number of benzene rings is 1. The van der Waals surface area contributed by atoms with Crippen molar-refractivity contribution in [1.82, 2.24) is 0 Å². The second kappa shape index (κ2) is 9.56. The Labute approximate surface area is 167 Å². The molecule has 0 saturated carbocycles. The molecule has 150 valence electrons. The first-order chi connectivity index (χ1) is 12.9. The minimum atomic E-state index is -0.500. The number of esters is 1. The van der Waals surface area contributed by atoms with Crippen LogP contribution in [0, 0.1) is 6.92 Å². The van der Waals surface area contributed by atoms with Crippen LogP contribution in [0.4, 0.5) is 5.69 Å². The number of nitrogens with one attached hydrogen (secondary N) is 1. The average molecular weight is 396 g/mol. The third-order valence-electron chi connectivity index (χ3n) is 5.82. The molecular formula is C21H32ClN2O3+. The molecule has 0 aromatic heterocycles. The summed E-state index contributed by atoms with van der Waals surface area (Å²) in [7, 11) is 1.33. The Morgan fingerprint density at radius 1 is 1.22 bits per heavy atom. The zero-order valence-corrected chi connectivity index (χ0v) is 17.7. The number of rotatable bonds is 7. The zero-order valence-electron chi connectivity index (χ0n) is 16.9. The van der Waals surface area contributed by atoms with E-state index < -0.39 is 5.97 Å². The van der Waals surface area contributed by atoms with Gasteiger partial charge in [0.25, 0.3) is 5.91 Å². The lowest BCUT2D eigenvalue weighted by Gasteiger charge is -2.46. The summed E-state index contributed by atoms with van der Waals surface area (Å²) in [6.07, 6.45) is 5.34. The SMILES string of the molecule is CCCC(C(=O)Nc1c(C)cc(Cl)cc1C(=O)OC)[N+]1(CC)CCCCC1. The highest BCUT2D eigenvalue weighted by Gasteiger charge is 2.41. The number of hydrogen-bond donors (Lipinski definition) is 1. The smallest absolute Gasteiger partial charge is 0.340 e. The maximum Gasteiger partial charge on any atom is 0.340 e. The van der Waals surface area contributed by atoms with Crippen LogP contribution in [0.5, 0.6) is 0 Å². The molecule has 1 saturated heterocycles. The topological polar surface area (TPSA) is 55.4 Å². The predicted octanol–water partition coefficient (Wildman–Crippen LogP) is 4.56. The van der Waals surface area contributed by atoms with E-state index in [4.69, 9.17) is 16.3 Å². The van der Waals surface area contributed by atoms with E-state index in [0.29, 0.717) is 16.3 Å². The number of hydrogen-bond acceptors (Lipinski definition) is 3. The summed E-state index contributed by atoms with van der Waals surface area (Å²) in [6, 6.07) is 3.19. The normalized spacial score (nSPS) is 17.2. The molecule has 5 nitrogen and oxygen atoms in total. The van der Waals surface area contributed by atoms with Gasteiger partial charge in [0, 0.05) is 11.4 Å². The number of likely N-dealkylation sites (N-methyl/N-ethyl adjacent to an activating group) is 1. The number of methoxy groups -OCH3 is 1. The van der Waals surface area contributed by atoms with E-state index in [9.17, 15) is 9.59 Å². The summed E-state index contributed by atoms with van der Waals surface area (Å²) in [5.41, 5.74) is 1.56. The van der Waals surface area contributed by atoms with E-state index in [1.54, 1.807) is 12.1 Å². The molecule has 1 fully saturated rings. The maximum absolute atomic E-state index is 13.4. The summed E-state index contributed by atoms with van der Waals surface area (Å²) in [5, 5.41) is 3.50. The monoisotopic (exact) mass is 395 g/mol. The fraction of sp³-hybridized carbons (Fsp3) is 0.619. The van der Waals surface area contributed by atoms with Gasteiger partial charge in [-0.1, -0.05) is 18.5 Å². The average Bonchev–Trinajstić information content (AvgIpc) is 2.67. The number of halogens is 1. The number of anilines is 1. The van der Waals surface area contributed by atoms with Crippen LogP contribution in [0.3, 0.4) is 0 Å². The first kappa shape index (κ1) is 21.7. The Morgan fingerprint density at radius 3 is 2.44 bits per heavy atom. The van der Waals surface area contributed by atoms with Crippen molar-refractivity contribution in [3.8, 4) is 0 Å². The Morgan fingerprint density at radius 2 is 1.89 bits per heavy atom. The van der Waals surface area contributed by atoms with Crippen molar-refractivity contribution in [2.75, 3.05) is 32.1 Å². The lowest BCUT2D eigenvalue weighted by molar-refractivity contribution is -0.945. The lowest BCUT2D eigenvalue weighted by atomic mass is 9.98. The highest BCUT2D eigenvalue weighted by Crippen LogP contribution is 2.30. The molecule has 0 bridgehead atoms. The minimum Gasteiger partial charge on any atom is -0.465 e. The van der Waals surface area contributed by atoms with Crippen LogP contribution in [0.25, 0.3) is 0 Å². The number of aryl methyl sites for hydroxylation is 1. The van der Waals surface area contributed by atoms with Gasteiger partial charge in [-0.3, -0.25) is 4.79 Å². The van der Waals surface area contributed by atoms with E-state index in [0.717, 1.165) is 55.4 Å². The number of quaternary nitrogens is 1. The molecule has 1 aliphatic heterocycles. The number of carbonyl (C=O) groups is 2. The quantitative estimate of drug-likeness (QED) is 0.543. The molecule has 0 spiro atoms.